The van der Waals surface area contributed by atoms with Crippen molar-refractivity contribution in [3.8, 4) is 0 Å². The molecule has 86 valence electrons. The number of β-amino-alcohol motifs (C(OH)–C–C–N with tert-alkyl or cyclic N) is 1. The molecule has 1 aromatic carbocycles. The molecule has 1 aliphatic rings. The Morgan fingerprint density at radius 3 is 2.31 bits per heavy atom. The number of benzene rings is 1. The molecule has 5 heteroatoms. The molecule has 0 bridgehead atoms. The number of amides is 1. The van der Waals surface area contributed by atoms with E-state index in [9.17, 15) is 18.7 Å². The summed E-state index contributed by atoms with van der Waals surface area (Å²) >= 11 is 0. The van der Waals surface area contributed by atoms with Crippen LogP contribution in [-0.4, -0.2) is 35.6 Å². The first kappa shape index (κ1) is 11.0. The van der Waals surface area contributed by atoms with E-state index in [1.54, 1.807) is 7.05 Å². The van der Waals surface area contributed by atoms with Crippen molar-refractivity contribution in [2.45, 2.75) is 12.0 Å². The van der Waals surface area contributed by atoms with Crippen LogP contribution in [0.25, 0.3) is 0 Å². The maximum atomic E-state index is 13.0. The summed E-state index contributed by atoms with van der Waals surface area (Å²) in [5.41, 5.74) is 0.180. The second-order valence-electron chi connectivity index (χ2n) is 3.97. The Hall–Kier alpha value is -1.49. The average Bonchev–Trinajstić information content (AvgIpc) is 2.39. The number of rotatable bonds is 1. The maximum absolute atomic E-state index is 13.0. The molecule has 1 fully saturated rings. The van der Waals surface area contributed by atoms with Gasteiger partial charge in [-0.3, -0.25) is 4.79 Å². The summed E-state index contributed by atoms with van der Waals surface area (Å²) < 4.78 is 26.0. The van der Waals surface area contributed by atoms with Crippen molar-refractivity contribution >= 4 is 5.91 Å². The van der Waals surface area contributed by atoms with Crippen LogP contribution in [0.1, 0.15) is 11.5 Å². The SMILES string of the molecule is CN1CC(O)C(c2cc(F)cc(F)c2)C1=O. The number of halogens is 2. The van der Waals surface area contributed by atoms with Gasteiger partial charge in [-0.25, -0.2) is 8.78 Å². The molecule has 0 aromatic heterocycles. The summed E-state index contributed by atoms with van der Waals surface area (Å²) in [4.78, 5) is 13.0. The summed E-state index contributed by atoms with van der Waals surface area (Å²) in [7, 11) is 1.54. The summed E-state index contributed by atoms with van der Waals surface area (Å²) in [5.74, 6) is -2.68. The number of hydrogen-bond acceptors (Lipinski definition) is 2. The second-order valence-corrected chi connectivity index (χ2v) is 3.97. The third-order valence-electron chi connectivity index (χ3n) is 2.73. The van der Waals surface area contributed by atoms with E-state index in [2.05, 4.69) is 0 Å². The molecule has 2 atom stereocenters. The van der Waals surface area contributed by atoms with Gasteiger partial charge in [-0.1, -0.05) is 0 Å². The minimum absolute atomic E-state index is 0.180. The molecule has 3 nitrogen and oxygen atoms in total. The topological polar surface area (TPSA) is 40.5 Å². The van der Waals surface area contributed by atoms with Crippen molar-refractivity contribution in [2.24, 2.45) is 0 Å². The highest BCUT2D eigenvalue weighted by Crippen LogP contribution is 2.29. The first-order chi connectivity index (χ1) is 7.49. The molecule has 1 aromatic rings. The van der Waals surface area contributed by atoms with E-state index in [-0.39, 0.29) is 18.0 Å². The fraction of sp³-hybridized carbons (Fsp3) is 0.364. The van der Waals surface area contributed by atoms with Crippen molar-refractivity contribution in [3.63, 3.8) is 0 Å². The van der Waals surface area contributed by atoms with Crippen LogP contribution in [-0.2, 0) is 4.79 Å². The molecular weight excluding hydrogens is 216 g/mol. The molecule has 0 radical (unpaired) electrons. The highest BCUT2D eigenvalue weighted by molar-refractivity contribution is 5.86. The van der Waals surface area contributed by atoms with Crippen LogP contribution in [0.15, 0.2) is 18.2 Å². The lowest BCUT2D eigenvalue weighted by Crippen LogP contribution is -2.21. The highest BCUT2D eigenvalue weighted by Gasteiger charge is 2.38. The van der Waals surface area contributed by atoms with Crippen molar-refractivity contribution in [1.29, 1.82) is 0 Å². The molecule has 1 amide bonds. The van der Waals surface area contributed by atoms with Gasteiger partial charge in [0.25, 0.3) is 0 Å². The van der Waals surface area contributed by atoms with E-state index in [4.69, 9.17) is 0 Å². The molecule has 1 heterocycles. The lowest BCUT2D eigenvalue weighted by molar-refractivity contribution is -0.128. The van der Waals surface area contributed by atoms with Gasteiger partial charge in [-0.2, -0.15) is 0 Å². The fourth-order valence-electron chi connectivity index (χ4n) is 2.00. The smallest absolute Gasteiger partial charge is 0.232 e. The van der Waals surface area contributed by atoms with Gasteiger partial charge in [0.15, 0.2) is 0 Å². The average molecular weight is 227 g/mol. The summed E-state index contributed by atoms with van der Waals surface area (Å²) in [6.45, 7) is 0.182. The monoisotopic (exact) mass is 227 g/mol. The third kappa shape index (κ3) is 1.78. The zero-order valence-corrected chi connectivity index (χ0v) is 8.65. The minimum atomic E-state index is -0.918. The van der Waals surface area contributed by atoms with E-state index >= 15 is 0 Å². The standard InChI is InChI=1S/C11H11F2NO2/c1-14-5-9(15)10(11(14)16)6-2-7(12)4-8(13)3-6/h2-4,9-10,15H,5H2,1H3. The molecule has 2 rings (SSSR count). The maximum Gasteiger partial charge on any atom is 0.232 e. The van der Waals surface area contributed by atoms with Gasteiger partial charge in [0.05, 0.1) is 12.0 Å². The molecule has 1 saturated heterocycles. The van der Waals surface area contributed by atoms with E-state index < -0.39 is 23.7 Å². The van der Waals surface area contributed by atoms with Crippen molar-refractivity contribution in [2.75, 3.05) is 13.6 Å². The van der Waals surface area contributed by atoms with Crippen LogP contribution in [0, 0.1) is 11.6 Å². The lowest BCUT2D eigenvalue weighted by Gasteiger charge is -2.12. The number of nitrogens with zero attached hydrogens (tertiary/aromatic N) is 1. The van der Waals surface area contributed by atoms with Crippen molar-refractivity contribution in [1.82, 2.24) is 4.90 Å². The number of carbonyl (C=O) groups is 1. The van der Waals surface area contributed by atoms with E-state index in [0.717, 1.165) is 18.2 Å². The number of aliphatic hydroxyl groups excluding tert-OH is 1. The highest BCUT2D eigenvalue weighted by atomic mass is 19.1. The van der Waals surface area contributed by atoms with Gasteiger partial charge in [0.2, 0.25) is 5.91 Å². The molecule has 1 N–H and O–H groups in total. The van der Waals surface area contributed by atoms with Crippen LogP contribution in [0.3, 0.4) is 0 Å². The normalized spacial score (nSPS) is 25.2. The number of carbonyl (C=O) groups excluding carboxylic acids is 1. The molecule has 0 aliphatic carbocycles. The Morgan fingerprint density at radius 1 is 1.31 bits per heavy atom. The molecule has 0 spiro atoms. The molecule has 1 aliphatic heterocycles. The summed E-state index contributed by atoms with van der Waals surface area (Å²) in [5, 5.41) is 9.66. The summed E-state index contributed by atoms with van der Waals surface area (Å²) in [6, 6.07) is 2.89. The zero-order valence-electron chi connectivity index (χ0n) is 8.65. The van der Waals surface area contributed by atoms with Crippen LogP contribution >= 0.6 is 0 Å². The zero-order chi connectivity index (χ0) is 11.9. The quantitative estimate of drug-likeness (QED) is 0.773. The number of likely N-dealkylation sites (N-methyl/N-ethyl adjacent to an activating group) is 1. The van der Waals surface area contributed by atoms with Gasteiger partial charge in [-0.15, -0.1) is 0 Å². The first-order valence-corrected chi connectivity index (χ1v) is 4.88. The predicted octanol–water partition coefficient (Wildman–Crippen LogP) is 0.881. The van der Waals surface area contributed by atoms with E-state index in [1.165, 1.54) is 4.90 Å². The van der Waals surface area contributed by atoms with Gasteiger partial charge in [0.1, 0.15) is 11.6 Å². The Kier molecular flexibility index (Phi) is 2.63. The minimum Gasteiger partial charge on any atom is -0.390 e. The number of hydrogen-bond donors (Lipinski definition) is 1. The van der Waals surface area contributed by atoms with Crippen molar-refractivity contribution in [3.05, 3.63) is 35.4 Å². The van der Waals surface area contributed by atoms with Crippen LogP contribution in [0.2, 0.25) is 0 Å². The lowest BCUT2D eigenvalue weighted by atomic mass is 9.95. The molecular formula is C11H11F2NO2. The van der Waals surface area contributed by atoms with Gasteiger partial charge < -0.3 is 10.0 Å². The van der Waals surface area contributed by atoms with Crippen LogP contribution in [0.5, 0.6) is 0 Å². The number of likely N-dealkylation sites (tertiary alicyclic amines) is 1. The Labute approximate surface area is 91.3 Å². The summed E-state index contributed by atoms with van der Waals surface area (Å²) in [6.07, 6.45) is -0.918. The molecule has 2 unspecified atom stereocenters. The number of aliphatic hydroxyl groups is 1. The fourth-order valence-corrected chi connectivity index (χ4v) is 2.00. The predicted molar refractivity (Wildman–Crippen MR) is 52.7 cm³/mol. The Morgan fingerprint density at radius 2 is 1.88 bits per heavy atom. The van der Waals surface area contributed by atoms with Crippen LogP contribution in [0.4, 0.5) is 8.78 Å². The first-order valence-electron chi connectivity index (χ1n) is 4.88. The van der Waals surface area contributed by atoms with Gasteiger partial charge in [-0.05, 0) is 17.7 Å². The molecule has 16 heavy (non-hydrogen) atoms. The Bertz CT molecular complexity index is 416. The Balaban J connectivity index is 2.40. The van der Waals surface area contributed by atoms with E-state index in [1.807, 2.05) is 0 Å². The second kappa shape index (κ2) is 3.83. The van der Waals surface area contributed by atoms with Crippen LogP contribution < -0.4 is 0 Å². The van der Waals surface area contributed by atoms with Gasteiger partial charge in [0, 0.05) is 19.7 Å². The van der Waals surface area contributed by atoms with Gasteiger partial charge >= 0.3 is 0 Å². The molecule has 0 saturated carbocycles. The third-order valence-corrected chi connectivity index (χ3v) is 2.73. The largest absolute Gasteiger partial charge is 0.390 e. The van der Waals surface area contributed by atoms with Crippen molar-refractivity contribution < 1.29 is 18.7 Å². The van der Waals surface area contributed by atoms with E-state index in [0.29, 0.717) is 0 Å².